The Labute approximate surface area is 156 Å². The molecule has 4 nitrogen and oxygen atoms in total. The van der Waals surface area contributed by atoms with Crippen LogP contribution in [0.5, 0.6) is 0 Å². The second-order valence-corrected chi connectivity index (χ2v) is 9.18. The molecule has 0 radical (unpaired) electrons. The van der Waals surface area contributed by atoms with Gasteiger partial charge < -0.3 is 5.11 Å². The Morgan fingerprint density at radius 1 is 0.640 bits per heavy atom. The first-order valence-corrected chi connectivity index (χ1v) is 12.1. The fourth-order valence-corrected chi connectivity index (χ4v) is 4.23. The monoisotopic (exact) mass is 378 g/mol. The third-order valence-electron chi connectivity index (χ3n) is 5.01. The van der Waals surface area contributed by atoms with E-state index in [-0.39, 0.29) is 6.10 Å². The molecule has 0 aromatic heterocycles. The van der Waals surface area contributed by atoms with Crippen molar-refractivity contribution >= 4 is 10.1 Å². The van der Waals surface area contributed by atoms with Crippen molar-refractivity contribution in [1.82, 2.24) is 0 Å². The molecule has 0 spiro atoms. The lowest BCUT2D eigenvalue weighted by Crippen LogP contribution is -2.20. The highest BCUT2D eigenvalue weighted by Gasteiger charge is 2.21. The first kappa shape index (κ1) is 24.9. The number of aliphatic hydroxyl groups is 1. The van der Waals surface area contributed by atoms with Crippen LogP contribution in [-0.4, -0.2) is 29.4 Å². The molecule has 0 aromatic rings. The van der Waals surface area contributed by atoms with Gasteiger partial charge in [-0.15, -0.1) is 0 Å². The van der Waals surface area contributed by atoms with Gasteiger partial charge in [0.25, 0.3) is 10.1 Å². The maximum absolute atomic E-state index is 11.5. The van der Waals surface area contributed by atoms with Crippen molar-refractivity contribution in [1.29, 1.82) is 0 Å². The molecule has 0 fully saturated rings. The third-order valence-corrected chi connectivity index (χ3v) is 6.32. The summed E-state index contributed by atoms with van der Waals surface area (Å²) in [6.45, 7) is 4.34. The van der Waals surface area contributed by atoms with Gasteiger partial charge in [0, 0.05) is 0 Å². The van der Waals surface area contributed by atoms with Crippen molar-refractivity contribution in [2.24, 2.45) is 0 Å². The molecule has 2 unspecified atom stereocenters. The highest BCUT2D eigenvalue weighted by molar-refractivity contribution is 7.86. The van der Waals surface area contributed by atoms with Crippen LogP contribution in [0.25, 0.3) is 0 Å². The molecule has 0 aromatic carbocycles. The molecule has 0 saturated carbocycles. The summed E-state index contributed by atoms with van der Waals surface area (Å²) >= 11 is 0. The lowest BCUT2D eigenvalue weighted by atomic mass is 10.0. The topological polar surface area (TPSA) is 74.6 Å². The largest absolute Gasteiger partial charge is 0.393 e. The van der Waals surface area contributed by atoms with E-state index in [0.717, 1.165) is 57.8 Å². The van der Waals surface area contributed by atoms with Gasteiger partial charge in [0.2, 0.25) is 0 Å². The zero-order valence-electron chi connectivity index (χ0n) is 16.6. The van der Waals surface area contributed by atoms with Crippen LogP contribution in [0.3, 0.4) is 0 Å². The molecule has 0 bridgehead atoms. The van der Waals surface area contributed by atoms with Crippen molar-refractivity contribution in [2.75, 3.05) is 0 Å². The Balaban J connectivity index is 3.83. The zero-order chi connectivity index (χ0) is 19.0. The summed E-state index contributed by atoms with van der Waals surface area (Å²) in [6, 6.07) is 0. The van der Waals surface area contributed by atoms with E-state index in [2.05, 4.69) is 13.8 Å². The maximum atomic E-state index is 11.5. The normalized spacial score (nSPS) is 14.6. The molecule has 0 aliphatic carbocycles. The van der Waals surface area contributed by atoms with E-state index >= 15 is 0 Å². The molecule has 0 aliphatic rings. The van der Waals surface area contributed by atoms with Crippen LogP contribution in [-0.2, 0) is 10.1 Å². The highest BCUT2D eigenvalue weighted by Crippen LogP contribution is 2.19. The molecule has 2 atom stereocenters. The first-order valence-electron chi connectivity index (χ1n) is 10.6. The minimum absolute atomic E-state index is 0.216. The molecular formula is C20H42O4S. The Morgan fingerprint density at radius 2 is 1.00 bits per heavy atom. The molecule has 2 N–H and O–H groups in total. The van der Waals surface area contributed by atoms with Crippen molar-refractivity contribution in [3.05, 3.63) is 0 Å². The summed E-state index contributed by atoms with van der Waals surface area (Å²) in [5.41, 5.74) is 0. The first-order chi connectivity index (χ1) is 11.9. The van der Waals surface area contributed by atoms with Gasteiger partial charge in [-0.3, -0.25) is 4.55 Å². The standard InChI is InChI=1S/C20H42O4S/c1-3-5-7-8-9-13-17-20(25(22,23)24)18-14-10-12-16-19(21)15-11-6-4-2/h19-21H,3-18H2,1-2H3,(H,22,23,24). The van der Waals surface area contributed by atoms with Crippen molar-refractivity contribution in [3.8, 4) is 0 Å². The number of hydrogen-bond donors (Lipinski definition) is 2. The lowest BCUT2D eigenvalue weighted by Gasteiger charge is -2.14. The average Bonchev–Trinajstić information content (AvgIpc) is 2.55. The van der Waals surface area contributed by atoms with Gasteiger partial charge in [-0.25, -0.2) is 0 Å². The van der Waals surface area contributed by atoms with Crippen LogP contribution in [0.1, 0.15) is 117 Å². The fourth-order valence-electron chi connectivity index (χ4n) is 3.30. The van der Waals surface area contributed by atoms with Crippen molar-refractivity contribution in [2.45, 2.75) is 128 Å². The van der Waals surface area contributed by atoms with E-state index in [1.54, 1.807) is 0 Å². The average molecular weight is 379 g/mol. The summed E-state index contributed by atoms with van der Waals surface area (Å²) < 4.78 is 32.5. The molecule has 152 valence electrons. The Hall–Kier alpha value is -0.130. The number of aliphatic hydroxyl groups excluding tert-OH is 1. The van der Waals surface area contributed by atoms with Crippen LogP contribution >= 0.6 is 0 Å². The summed E-state index contributed by atoms with van der Waals surface area (Å²) in [5.74, 6) is 0. The second-order valence-electron chi connectivity index (χ2n) is 7.48. The van der Waals surface area contributed by atoms with Gasteiger partial charge in [0.15, 0.2) is 0 Å². The van der Waals surface area contributed by atoms with Gasteiger partial charge in [0.05, 0.1) is 11.4 Å². The summed E-state index contributed by atoms with van der Waals surface area (Å²) in [5, 5.41) is 9.28. The summed E-state index contributed by atoms with van der Waals surface area (Å²) in [6.07, 6.45) is 15.4. The van der Waals surface area contributed by atoms with E-state index in [1.165, 1.54) is 32.1 Å². The molecule has 0 amide bonds. The number of rotatable bonds is 18. The molecule has 0 heterocycles. The SMILES string of the molecule is CCCCCCCCC(CCCCCC(O)CCCCC)S(=O)(=O)O. The van der Waals surface area contributed by atoms with Crippen LogP contribution in [0.2, 0.25) is 0 Å². The van der Waals surface area contributed by atoms with Crippen LogP contribution in [0, 0.1) is 0 Å². The Kier molecular flexibility index (Phi) is 16.0. The van der Waals surface area contributed by atoms with Gasteiger partial charge in [-0.2, -0.15) is 8.42 Å². The van der Waals surface area contributed by atoms with E-state index in [4.69, 9.17) is 0 Å². The predicted molar refractivity (Wildman–Crippen MR) is 107 cm³/mol. The summed E-state index contributed by atoms with van der Waals surface area (Å²) in [7, 11) is -3.93. The van der Waals surface area contributed by atoms with Crippen LogP contribution < -0.4 is 0 Å². The minimum atomic E-state index is -3.93. The Morgan fingerprint density at radius 3 is 1.52 bits per heavy atom. The van der Waals surface area contributed by atoms with Gasteiger partial charge in [-0.05, 0) is 25.7 Å². The minimum Gasteiger partial charge on any atom is -0.393 e. The summed E-state index contributed by atoms with van der Waals surface area (Å²) in [4.78, 5) is 0. The quantitative estimate of drug-likeness (QED) is 0.230. The van der Waals surface area contributed by atoms with Gasteiger partial charge >= 0.3 is 0 Å². The molecule has 0 saturated heterocycles. The van der Waals surface area contributed by atoms with Crippen molar-refractivity contribution < 1.29 is 18.1 Å². The maximum Gasteiger partial charge on any atom is 0.267 e. The molecular weight excluding hydrogens is 336 g/mol. The van der Waals surface area contributed by atoms with Crippen LogP contribution in [0.15, 0.2) is 0 Å². The zero-order valence-corrected chi connectivity index (χ0v) is 17.4. The number of unbranched alkanes of at least 4 members (excludes halogenated alkanes) is 9. The third kappa shape index (κ3) is 15.8. The van der Waals surface area contributed by atoms with Gasteiger partial charge in [-0.1, -0.05) is 90.9 Å². The van der Waals surface area contributed by atoms with Crippen molar-refractivity contribution in [3.63, 3.8) is 0 Å². The number of hydrogen-bond acceptors (Lipinski definition) is 3. The highest BCUT2D eigenvalue weighted by atomic mass is 32.2. The predicted octanol–water partition coefficient (Wildman–Crippen LogP) is 5.89. The van der Waals surface area contributed by atoms with Gasteiger partial charge in [0.1, 0.15) is 0 Å². The molecule has 0 aliphatic heterocycles. The molecule has 0 rings (SSSR count). The smallest absolute Gasteiger partial charge is 0.267 e. The fraction of sp³-hybridized carbons (Fsp3) is 1.00. The lowest BCUT2D eigenvalue weighted by molar-refractivity contribution is 0.147. The Bertz CT molecular complexity index is 381. The van der Waals surface area contributed by atoms with E-state index in [1.807, 2.05) is 0 Å². The van der Waals surface area contributed by atoms with E-state index in [0.29, 0.717) is 12.8 Å². The molecule has 25 heavy (non-hydrogen) atoms. The van der Waals surface area contributed by atoms with E-state index in [9.17, 15) is 18.1 Å². The van der Waals surface area contributed by atoms with E-state index < -0.39 is 15.4 Å². The molecule has 5 heteroatoms. The van der Waals surface area contributed by atoms with Crippen LogP contribution in [0.4, 0.5) is 0 Å². The second kappa shape index (κ2) is 16.1.